The van der Waals surface area contributed by atoms with E-state index in [-0.39, 0.29) is 23.8 Å². The number of rotatable bonds is 4. The summed E-state index contributed by atoms with van der Waals surface area (Å²) < 4.78 is 16.7. The molecule has 3 aliphatic rings. The molecule has 2 aliphatic heterocycles. The van der Waals surface area contributed by atoms with Gasteiger partial charge in [-0.2, -0.15) is 0 Å². The van der Waals surface area contributed by atoms with Gasteiger partial charge in [0.2, 0.25) is 0 Å². The maximum absolute atomic E-state index is 12.7. The van der Waals surface area contributed by atoms with Crippen molar-refractivity contribution >= 4 is 12.0 Å². The Balaban J connectivity index is 1.49. The van der Waals surface area contributed by atoms with Gasteiger partial charge in [-0.05, 0) is 18.9 Å². The molecule has 1 aromatic carbocycles. The number of alkyl carbamates (subject to hydrolysis) is 1. The normalized spacial score (nSPS) is 33.8. The highest BCUT2D eigenvalue weighted by molar-refractivity contribution is 5.94. The van der Waals surface area contributed by atoms with Crippen LogP contribution in [0.2, 0.25) is 0 Å². The third kappa shape index (κ3) is 2.82. The zero-order valence-corrected chi connectivity index (χ0v) is 14.7. The maximum Gasteiger partial charge on any atom is 0.409 e. The first kappa shape index (κ1) is 16.9. The van der Waals surface area contributed by atoms with Crippen molar-refractivity contribution in [3.8, 4) is 0 Å². The van der Waals surface area contributed by atoms with Crippen LogP contribution >= 0.6 is 0 Å². The molecule has 2 fully saturated rings. The SMILES string of the molecule is CNC(=O)O[C@@H]1OC=C(C(=O)NCc2ccccc2)[C@H]2C[C@@H]3O[C@]3(C)[C@H]12. The summed E-state index contributed by atoms with van der Waals surface area (Å²) in [4.78, 5) is 24.3. The van der Waals surface area contributed by atoms with Gasteiger partial charge in [0.1, 0.15) is 5.60 Å². The van der Waals surface area contributed by atoms with Crippen LogP contribution in [-0.4, -0.2) is 37.0 Å². The lowest BCUT2D eigenvalue weighted by Crippen LogP contribution is -2.45. The Morgan fingerprint density at radius 1 is 1.31 bits per heavy atom. The van der Waals surface area contributed by atoms with Crippen molar-refractivity contribution in [1.82, 2.24) is 10.6 Å². The van der Waals surface area contributed by atoms with Crippen LogP contribution in [0.3, 0.4) is 0 Å². The van der Waals surface area contributed by atoms with E-state index in [1.807, 2.05) is 37.3 Å². The standard InChI is InChI=1S/C19H22N2O5/c1-19-14(26-19)8-12-13(10-24-17(15(12)19)25-18(23)20-2)16(22)21-9-11-6-4-3-5-7-11/h3-7,10,12,14-15,17H,8-9H2,1-2H3,(H,20,23)(H,21,22)/t12-,14+,15+,17+,19+/m1/s1. The Morgan fingerprint density at radius 3 is 2.81 bits per heavy atom. The summed E-state index contributed by atoms with van der Waals surface area (Å²) >= 11 is 0. The smallest absolute Gasteiger partial charge is 0.409 e. The zero-order chi connectivity index (χ0) is 18.3. The second-order valence-electron chi connectivity index (χ2n) is 7.06. The molecule has 1 saturated carbocycles. The number of benzene rings is 1. The summed E-state index contributed by atoms with van der Waals surface area (Å²) in [7, 11) is 1.49. The zero-order valence-electron chi connectivity index (χ0n) is 14.7. The molecule has 0 spiro atoms. The van der Waals surface area contributed by atoms with E-state index < -0.39 is 18.0 Å². The number of carbonyl (C=O) groups is 2. The van der Waals surface area contributed by atoms with E-state index in [2.05, 4.69) is 10.6 Å². The van der Waals surface area contributed by atoms with Gasteiger partial charge in [0.05, 0.1) is 23.9 Å². The molecular formula is C19H22N2O5. The molecule has 7 nitrogen and oxygen atoms in total. The highest BCUT2D eigenvalue weighted by Gasteiger charge is 2.70. The molecule has 5 atom stereocenters. The number of epoxide rings is 1. The van der Waals surface area contributed by atoms with Crippen LogP contribution in [0.15, 0.2) is 42.2 Å². The molecular weight excluding hydrogens is 336 g/mol. The van der Waals surface area contributed by atoms with Crippen molar-refractivity contribution < 1.29 is 23.8 Å². The van der Waals surface area contributed by atoms with Crippen LogP contribution in [-0.2, 0) is 25.5 Å². The molecule has 1 aromatic rings. The number of hydrogen-bond acceptors (Lipinski definition) is 5. The molecule has 26 heavy (non-hydrogen) atoms. The summed E-state index contributed by atoms with van der Waals surface area (Å²) in [6, 6.07) is 9.72. The van der Waals surface area contributed by atoms with Crippen molar-refractivity contribution in [3.05, 3.63) is 47.7 Å². The third-order valence-corrected chi connectivity index (χ3v) is 5.55. The summed E-state index contributed by atoms with van der Waals surface area (Å²) in [6.45, 7) is 2.43. The van der Waals surface area contributed by atoms with Gasteiger partial charge in [0, 0.05) is 19.5 Å². The number of ether oxygens (including phenoxy) is 3. The molecule has 7 heteroatoms. The van der Waals surface area contributed by atoms with E-state index in [9.17, 15) is 9.59 Å². The molecule has 0 aromatic heterocycles. The Morgan fingerprint density at radius 2 is 2.08 bits per heavy atom. The number of amides is 2. The Kier molecular flexibility index (Phi) is 4.11. The third-order valence-electron chi connectivity index (χ3n) is 5.55. The van der Waals surface area contributed by atoms with Crippen LogP contribution in [0.1, 0.15) is 18.9 Å². The molecule has 138 valence electrons. The van der Waals surface area contributed by atoms with E-state index in [1.54, 1.807) is 0 Å². The average Bonchev–Trinajstić information content (AvgIpc) is 3.21. The van der Waals surface area contributed by atoms with Gasteiger partial charge >= 0.3 is 6.09 Å². The predicted molar refractivity (Wildman–Crippen MR) is 91.7 cm³/mol. The summed E-state index contributed by atoms with van der Waals surface area (Å²) in [5, 5.41) is 5.37. The van der Waals surface area contributed by atoms with Crippen LogP contribution < -0.4 is 10.6 Å². The summed E-state index contributed by atoms with van der Waals surface area (Å²) in [6.07, 6.45) is 0.904. The minimum Gasteiger partial charge on any atom is -0.461 e. The minimum atomic E-state index is -0.761. The van der Waals surface area contributed by atoms with Gasteiger partial charge in [-0.25, -0.2) is 4.79 Å². The molecule has 4 rings (SSSR count). The quantitative estimate of drug-likeness (QED) is 0.800. The highest BCUT2D eigenvalue weighted by Crippen LogP contribution is 2.60. The van der Waals surface area contributed by atoms with Crippen LogP contribution in [0.25, 0.3) is 0 Å². The lowest BCUT2D eigenvalue weighted by molar-refractivity contribution is -0.142. The first-order chi connectivity index (χ1) is 12.5. The minimum absolute atomic E-state index is 0.0575. The van der Waals surface area contributed by atoms with Gasteiger partial charge in [0.25, 0.3) is 12.2 Å². The predicted octanol–water partition coefficient (Wildman–Crippen LogP) is 1.69. The second kappa shape index (κ2) is 6.32. The van der Waals surface area contributed by atoms with E-state index >= 15 is 0 Å². The van der Waals surface area contributed by atoms with Gasteiger partial charge in [-0.15, -0.1) is 0 Å². The Labute approximate surface area is 151 Å². The number of nitrogens with one attached hydrogen (secondary N) is 2. The molecule has 1 saturated heterocycles. The molecule has 0 radical (unpaired) electrons. The number of fused-ring (bicyclic) bond motifs is 3. The van der Waals surface area contributed by atoms with Crippen molar-refractivity contribution in [3.63, 3.8) is 0 Å². The van der Waals surface area contributed by atoms with E-state index in [0.717, 1.165) is 12.0 Å². The first-order valence-electron chi connectivity index (χ1n) is 8.76. The highest BCUT2D eigenvalue weighted by atomic mass is 16.7. The lowest BCUT2D eigenvalue weighted by Gasteiger charge is -2.36. The van der Waals surface area contributed by atoms with Gasteiger partial charge in [-0.1, -0.05) is 30.3 Å². The lowest BCUT2D eigenvalue weighted by atomic mass is 9.82. The van der Waals surface area contributed by atoms with E-state index in [1.165, 1.54) is 13.3 Å². The fourth-order valence-electron chi connectivity index (χ4n) is 4.08. The summed E-state index contributed by atoms with van der Waals surface area (Å²) in [5.41, 5.74) is 1.20. The van der Waals surface area contributed by atoms with Crippen LogP contribution in [0, 0.1) is 11.8 Å². The van der Waals surface area contributed by atoms with E-state index in [4.69, 9.17) is 14.2 Å². The average molecular weight is 358 g/mol. The van der Waals surface area contributed by atoms with Gasteiger partial charge < -0.3 is 24.8 Å². The van der Waals surface area contributed by atoms with Crippen LogP contribution in [0.5, 0.6) is 0 Å². The molecule has 1 aliphatic carbocycles. The maximum atomic E-state index is 12.7. The van der Waals surface area contributed by atoms with Crippen molar-refractivity contribution in [2.24, 2.45) is 11.8 Å². The Bertz CT molecular complexity index is 750. The van der Waals surface area contributed by atoms with Gasteiger partial charge in [-0.3, -0.25) is 4.79 Å². The molecule has 2 N–H and O–H groups in total. The number of carbonyl (C=O) groups excluding carboxylic acids is 2. The summed E-state index contributed by atoms with van der Waals surface area (Å²) in [5.74, 6) is -0.419. The Hall–Kier alpha value is -2.54. The topological polar surface area (TPSA) is 89.2 Å². The van der Waals surface area contributed by atoms with Crippen LogP contribution in [0.4, 0.5) is 4.79 Å². The van der Waals surface area contributed by atoms with Crippen molar-refractivity contribution in [2.45, 2.75) is 37.9 Å². The molecule has 2 amide bonds. The molecule has 0 bridgehead atoms. The fourth-order valence-corrected chi connectivity index (χ4v) is 4.08. The molecule has 0 unspecified atom stereocenters. The first-order valence-corrected chi connectivity index (χ1v) is 8.76. The van der Waals surface area contributed by atoms with Crippen molar-refractivity contribution in [1.29, 1.82) is 0 Å². The largest absolute Gasteiger partial charge is 0.461 e. The second-order valence-corrected chi connectivity index (χ2v) is 7.06. The monoisotopic (exact) mass is 358 g/mol. The fraction of sp³-hybridized carbons (Fsp3) is 0.474. The van der Waals surface area contributed by atoms with Gasteiger partial charge in [0.15, 0.2) is 0 Å². The van der Waals surface area contributed by atoms with Crippen molar-refractivity contribution in [2.75, 3.05) is 7.05 Å². The van der Waals surface area contributed by atoms with E-state index in [0.29, 0.717) is 12.1 Å². The molecule has 2 heterocycles. The number of hydrogen-bond donors (Lipinski definition) is 2.